The average molecular weight is 1730 g/mol. The Morgan fingerprint density at radius 2 is 0.643 bits per heavy atom. The molecule has 2 N–H and O–H groups in total. The number of benzene rings is 12. The van der Waals surface area contributed by atoms with E-state index in [4.69, 9.17) is 72.5 Å². The maximum Gasteiger partial charge on any atom is 0.251 e. The van der Waals surface area contributed by atoms with E-state index >= 15 is 0 Å². The van der Waals surface area contributed by atoms with E-state index in [1.165, 1.54) is 36.0 Å². The van der Waals surface area contributed by atoms with Crippen molar-refractivity contribution in [3.8, 4) is 51.7 Å². The number of ether oxygens (including phenoxy) is 9. The van der Waals surface area contributed by atoms with Gasteiger partial charge in [0.15, 0.2) is 5.78 Å². The van der Waals surface area contributed by atoms with E-state index < -0.39 is 0 Å². The number of aryl methyl sites for hydroxylation is 1. The number of aromatic nitrogens is 6. The van der Waals surface area contributed by atoms with Crippen LogP contribution in [0.1, 0.15) is 209 Å². The Morgan fingerprint density at radius 3 is 0.992 bits per heavy atom. The van der Waals surface area contributed by atoms with Crippen molar-refractivity contribution in [1.29, 1.82) is 0 Å². The van der Waals surface area contributed by atoms with Gasteiger partial charge in [0, 0.05) is 132 Å². The minimum absolute atomic E-state index is 0.0617. The van der Waals surface area contributed by atoms with Crippen molar-refractivity contribution < 1.29 is 57.0 Å². The second kappa shape index (κ2) is 34.2. The van der Waals surface area contributed by atoms with Gasteiger partial charge in [0.05, 0.1) is 109 Å². The zero-order valence-electron chi connectivity index (χ0n) is 76.3. The molecular weight excluding hydrogens is 1610 g/mol. The van der Waals surface area contributed by atoms with Gasteiger partial charge < -0.3 is 53.3 Å². The van der Waals surface area contributed by atoms with E-state index in [0.717, 1.165) is 171 Å². The molecule has 3 aliphatic heterocycles. The maximum atomic E-state index is 13.4. The van der Waals surface area contributed by atoms with Gasteiger partial charge in [-0.1, -0.05) is 119 Å². The van der Waals surface area contributed by atoms with Gasteiger partial charge in [0.25, 0.3) is 11.8 Å². The number of carbonyl (C=O) groups is 3. The van der Waals surface area contributed by atoms with Gasteiger partial charge in [0.1, 0.15) is 68.5 Å². The largest absolute Gasteiger partial charge is 0.497 e. The van der Waals surface area contributed by atoms with Crippen molar-refractivity contribution in [1.82, 2.24) is 40.5 Å². The lowest BCUT2D eigenvalue weighted by Crippen LogP contribution is -2.46. The van der Waals surface area contributed by atoms with Gasteiger partial charge >= 0.3 is 0 Å². The second-order valence-corrected chi connectivity index (χ2v) is 38.1. The van der Waals surface area contributed by atoms with Crippen molar-refractivity contribution >= 4 is 116 Å². The lowest BCUT2D eigenvalue weighted by atomic mass is 9.64. The smallest absolute Gasteiger partial charge is 0.251 e. The molecule has 0 saturated heterocycles. The predicted molar refractivity (Wildman–Crippen MR) is 509 cm³/mol. The molecule has 20 nitrogen and oxygen atoms in total. The van der Waals surface area contributed by atoms with Crippen molar-refractivity contribution in [3.63, 3.8) is 0 Å². The Balaban J connectivity index is 0.000000126. The van der Waals surface area contributed by atoms with Gasteiger partial charge in [-0.2, -0.15) is 0 Å². The molecule has 9 atom stereocenters. The van der Waals surface area contributed by atoms with Crippen LogP contribution in [0.4, 0.5) is 0 Å². The molecule has 660 valence electrons. The topological polar surface area (TPSA) is 236 Å². The highest BCUT2D eigenvalue weighted by Gasteiger charge is 2.51. The van der Waals surface area contributed by atoms with Crippen LogP contribution in [-0.4, -0.2) is 107 Å². The number of rotatable bonds is 16. The van der Waals surface area contributed by atoms with Crippen LogP contribution in [0.5, 0.6) is 51.7 Å². The third kappa shape index (κ3) is 15.8. The number of carbonyl (C=O) groups excluding carboxylic acids is 3. The molecule has 3 aromatic heterocycles. The standard InChI is InChI=1S/C37H38N2O4.2C36H37N3O4/c1-21-10-15-28-27(18-21)33-35-34(25-8-6-7-9-26(25)36(33)43-37(28,2)3)39-30-19-23(12-16-29(30)38-35)31(40)17-13-22-11-14-24(41-4)20-32(22)42-5;2*1-20-10-14-27-26(16-20)31-33-32(24-8-6-7-9-25(24)34(31)43-36(27,2)3)38-28-15-12-21(17-29(28)39-33)35(40)37-19-22-11-13-23(41-4)18-30(22)42-5/h6-9,11-12,14,16,19-21,27-28H,10,13,15,17-18H2,1-5H3;2*6-9,11-13,15,17-18,20,26-27H,10,14,16,19H2,1-5H3,(H,37,40)/t21-,27-,28-;2*20-,26-,27-/m010/s1. The molecule has 0 bridgehead atoms. The summed E-state index contributed by atoms with van der Waals surface area (Å²) in [6, 6.07) is 58.8. The second-order valence-electron chi connectivity index (χ2n) is 38.1. The van der Waals surface area contributed by atoms with Gasteiger partial charge in [-0.05, 0) is 212 Å². The molecule has 129 heavy (non-hydrogen) atoms. The van der Waals surface area contributed by atoms with Gasteiger partial charge in [-0.3, -0.25) is 14.4 Å². The molecule has 6 heterocycles. The lowest BCUT2D eigenvalue weighted by molar-refractivity contribution is -0.0118. The fraction of sp³-hybridized carbons (Fsp3) is 0.367. The number of Topliss-reactive ketones (excluding diaryl/α,β-unsaturated/α-hetero) is 1. The molecule has 3 saturated carbocycles. The Morgan fingerprint density at radius 1 is 0.341 bits per heavy atom. The van der Waals surface area contributed by atoms with Crippen molar-refractivity contribution in [2.24, 2.45) is 35.5 Å². The number of fused-ring (bicyclic) bond motifs is 27. The molecule has 15 aromatic rings. The summed E-state index contributed by atoms with van der Waals surface area (Å²) in [7, 11) is 9.70. The third-order valence-corrected chi connectivity index (χ3v) is 28.8. The fourth-order valence-corrected chi connectivity index (χ4v) is 22.1. The molecule has 12 aromatic carbocycles. The molecule has 3 fully saturated rings. The Kier molecular flexibility index (Phi) is 22.7. The number of hydrogen-bond acceptors (Lipinski definition) is 18. The zero-order chi connectivity index (χ0) is 89.6. The lowest BCUT2D eigenvalue weighted by Gasteiger charge is -2.49. The minimum Gasteiger partial charge on any atom is -0.497 e. The number of methoxy groups -OCH3 is 6. The number of hydrogen-bond donors (Lipinski definition) is 2. The first-order valence-corrected chi connectivity index (χ1v) is 45.6. The SMILES string of the molecule is COc1ccc(CCC(=O)c2ccc3nc4c5c(c6ccccc6c4nc3c2)OC(C)(C)[C@H]2CC[C@H](C)C[C@H]52)c(OC)c1.COc1ccc(CNC(=O)c2ccc3nc4c(nc3c2)c2c(c3ccccc34)OC(C)(C)[C@@H]3CC[C@@H](C)C[C@@H]23)c(OC)c1.COc1ccc(CNC(=O)c2ccc3nc4c(nc3c2)c2c(c3ccccc34)OC(C)(C)[C@H]3CC[C@H](C)C[C@H]23)c(OC)c1. The molecule has 0 radical (unpaired) electrons. The third-order valence-electron chi connectivity index (χ3n) is 28.8. The van der Waals surface area contributed by atoms with Crippen LogP contribution < -0.4 is 53.3 Å². The molecule has 3 aliphatic carbocycles. The van der Waals surface area contributed by atoms with E-state index in [1.807, 2.05) is 127 Å². The number of ketones is 1. The van der Waals surface area contributed by atoms with Crippen LogP contribution in [0.3, 0.4) is 0 Å². The van der Waals surface area contributed by atoms with Crippen LogP contribution in [0.25, 0.3) is 98.5 Å². The highest BCUT2D eigenvalue weighted by atomic mass is 16.5. The van der Waals surface area contributed by atoms with E-state index in [2.05, 4.69) is 128 Å². The summed E-state index contributed by atoms with van der Waals surface area (Å²) in [6.45, 7) is 21.2. The highest BCUT2D eigenvalue weighted by molar-refractivity contribution is 6.15. The summed E-state index contributed by atoms with van der Waals surface area (Å²) in [6.07, 6.45) is 11.4. The molecule has 21 rings (SSSR count). The molecule has 6 aliphatic rings. The highest BCUT2D eigenvalue weighted by Crippen LogP contribution is 2.61. The fourth-order valence-electron chi connectivity index (χ4n) is 22.1. The van der Waals surface area contributed by atoms with Crippen LogP contribution in [0.15, 0.2) is 182 Å². The Labute approximate surface area is 751 Å². The van der Waals surface area contributed by atoms with Crippen LogP contribution in [0, 0.1) is 35.5 Å². The van der Waals surface area contributed by atoms with Crippen LogP contribution in [0.2, 0.25) is 0 Å². The number of nitrogens with one attached hydrogen (secondary N) is 2. The zero-order valence-corrected chi connectivity index (χ0v) is 76.3. The summed E-state index contributed by atoms with van der Waals surface area (Å²) in [5, 5.41) is 12.4. The van der Waals surface area contributed by atoms with E-state index in [0.29, 0.717) is 130 Å². The van der Waals surface area contributed by atoms with Gasteiger partial charge in [0.2, 0.25) is 0 Å². The monoisotopic (exact) mass is 1720 g/mol. The van der Waals surface area contributed by atoms with Crippen molar-refractivity contribution in [3.05, 3.63) is 232 Å². The number of amides is 2. The molecule has 20 heteroatoms. The summed E-state index contributed by atoms with van der Waals surface area (Å²) in [5.41, 5.74) is 17.0. The molecule has 0 unspecified atom stereocenters. The quantitative estimate of drug-likeness (QED) is 0.0519. The molecule has 2 amide bonds. The average Bonchev–Trinajstić information content (AvgIpc) is 0.717. The van der Waals surface area contributed by atoms with E-state index in [9.17, 15) is 14.4 Å². The van der Waals surface area contributed by atoms with Crippen LogP contribution >= 0.6 is 0 Å². The van der Waals surface area contributed by atoms with Crippen molar-refractivity contribution in [2.45, 2.75) is 181 Å². The van der Waals surface area contributed by atoms with Crippen molar-refractivity contribution in [2.75, 3.05) is 42.7 Å². The first-order valence-electron chi connectivity index (χ1n) is 45.6. The minimum atomic E-state index is -0.268. The Bertz CT molecular complexity index is 6730. The predicted octanol–water partition coefficient (Wildman–Crippen LogP) is 23.6. The summed E-state index contributed by atoms with van der Waals surface area (Å²) in [5.74, 6) is 10.9. The number of nitrogens with zero attached hydrogens (tertiary/aromatic N) is 6. The summed E-state index contributed by atoms with van der Waals surface area (Å²) in [4.78, 5) is 71.3. The van der Waals surface area contributed by atoms with Gasteiger partial charge in [-0.15, -0.1) is 0 Å². The van der Waals surface area contributed by atoms with E-state index in [1.54, 1.807) is 42.7 Å². The Hall–Kier alpha value is -13.0. The van der Waals surface area contributed by atoms with Crippen LogP contribution in [-0.2, 0) is 19.5 Å². The first-order chi connectivity index (χ1) is 62.3. The summed E-state index contributed by atoms with van der Waals surface area (Å²) >= 11 is 0. The van der Waals surface area contributed by atoms with Gasteiger partial charge in [-0.25, -0.2) is 29.9 Å². The molecular formula is C109H112N8O12. The summed E-state index contributed by atoms with van der Waals surface area (Å²) < 4.78 is 53.0. The first kappa shape index (κ1) is 85.5. The van der Waals surface area contributed by atoms with E-state index in [-0.39, 0.29) is 34.4 Å². The maximum absolute atomic E-state index is 13.4. The molecule has 0 spiro atoms. The normalized spacial score (nSPS) is 20.8.